The van der Waals surface area contributed by atoms with Gasteiger partial charge in [0.2, 0.25) is 5.78 Å². The first-order valence-electron chi connectivity index (χ1n) is 11.1. The van der Waals surface area contributed by atoms with Gasteiger partial charge in [-0.2, -0.15) is 8.78 Å². The average Bonchev–Trinajstić information content (AvgIpc) is 3.07. The molecular weight excluding hydrogens is 394 g/mol. The summed E-state index contributed by atoms with van der Waals surface area (Å²) in [7, 11) is 1.37. The van der Waals surface area contributed by atoms with Gasteiger partial charge in [0.05, 0.1) is 7.11 Å². The van der Waals surface area contributed by atoms with E-state index in [-0.39, 0.29) is 29.9 Å². The second-order valence-corrected chi connectivity index (χ2v) is 8.11. The first kappa shape index (κ1) is 26.2. The van der Waals surface area contributed by atoms with Gasteiger partial charge in [-0.3, -0.25) is 14.4 Å². The highest BCUT2D eigenvalue weighted by molar-refractivity contribution is 5.95. The zero-order valence-electron chi connectivity index (χ0n) is 18.5. The third-order valence-electron chi connectivity index (χ3n) is 5.72. The molecule has 0 heterocycles. The summed E-state index contributed by atoms with van der Waals surface area (Å²) in [6.45, 7) is 3.18. The van der Waals surface area contributed by atoms with Crippen molar-refractivity contribution in [1.29, 1.82) is 0 Å². The predicted octanol–water partition coefficient (Wildman–Crippen LogP) is 5.41. The maximum Gasteiger partial charge on any atom is 0.309 e. The van der Waals surface area contributed by atoms with E-state index in [0.717, 1.165) is 38.2 Å². The van der Waals surface area contributed by atoms with Gasteiger partial charge >= 0.3 is 17.9 Å². The fourth-order valence-corrected chi connectivity index (χ4v) is 4.02. The molecular formula is C23H36F2O5. The Kier molecular flexibility index (Phi) is 11.8. The van der Waals surface area contributed by atoms with E-state index in [1.54, 1.807) is 6.08 Å². The summed E-state index contributed by atoms with van der Waals surface area (Å²) in [5.41, 5.74) is 0. The number of halogens is 2. The Morgan fingerprint density at radius 3 is 2.40 bits per heavy atom. The standard InChI is InChI=1S/C23H36F2O5/c1-4-5-16-23(24,25)21(27)15-13-18-12-14-20(30-17(2)26)19(18)10-8-6-7-9-11-22(28)29-3/h13,15,18-20H,4-12,14,16H2,1-3H3/b15-13+/t18-,19-,20+/m1/s1. The van der Waals surface area contributed by atoms with Crippen LogP contribution in [0.2, 0.25) is 0 Å². The number of hydrogen-bond acceptors (Lipinski definition) is 5. The fourth-order valence-electron chi connectivity index (χ4n) is 4.02. The summed E-state index contributed by atoms with van der Waals surface area (Å²) in [6, 6.07) is 0. The van der Waals surface area contributed by atoms with Crippen LogP contribution in [0.3, 0.4) is 0 Å². The molecule has 1 fully saturated rings. The summed E-state index contributed by atoms with van der Waals surface area (Å²) < 4.78 is 37.9. The van der Waals surface area contributed by atoms with Crippen molar-refractivity contribution in [3.05, 3.63) is 12.2 Å². The van der Waals surface area contributed by atoms with Crippen molar-refractivity contribution in [2.45, 2.75) is 96.5 Å². The average molecular weight is 431 g/mol. The Bertz CT molecular complexity index is 588. The van der Waals surface area contributed by atoms with Crippen LogP contribution >= 0.6 is 0 Å². The Hall–Kier alpha value is -1.79. The van der Waals surface area contributed by atoms with E-state index in [2.05, 4.69) is 4.74 Å². The van der Waals surface area contributed by atoms with Crippen LogP contribution < -0.4 is 0 Å². The van der Waals surface area contributed by atoms with Gasteiger partial charge in [-0.25, -0.2) is 0 Å². The number of carbonyl (C=O) groups is 3. The Morgan fingerprint density at radius 2 is 1.77 bits per heavy atom. The van der Waals surface area contributed by atoms with Gasteiger partial charge in [-0.1, -0.05) is 38.7 Å². The molecule has 172 valence electrons. The van der Waals surface area contributed by atoms with Crippen molar-refractivity contribution in [2.24, 2.45) is 11.8 Å². The van der Waals surface area contributed by atoms with Crippen LogP contribution in [-0.2, 0) is 23.9 Å². The lowest BCUT2D eigenvalue weighted by molar-refractivity contribution is -0.148. The van der Waals surface area contributed by atoms with Crippen LogP contribution in [0.15, 0.2) is 12.2 Å². The van der Waals surface area contributed by atoms with Crippen LogP contribution in [0.1, 0.15) is 84.5 Å². The van der Waals surface area contributed by atoms with E-state index in [0.29, 0.717) is 32.1 Å². The molecule has 0 aliphatic heterocycles. The summed E-state index contributed by atoms with van der Waals surface area (Å²) in [6.07, 6.45) is 8.87. The van der Waals surface area contributed by atoms with Gasteiger partial charge in [0.15, 0.2) is 0 Å². The topological polar surface area (TPSA) is 69.7 Å². The molecule has 0 spiro atoms. The van der Waals surface area contributed by atoms with Crippen LogP contribution in [-0.4, -0.2) is 36.9 Å². The molecule has 0 unspecified atom stereocenters. The maximum atomic E-state index is 13.9. The highest BCUT2D eigenvalue weighted by Crippen LogP contribution is 2.39. The van der Waals surface area contributed by atoms with Crippen molar-refractivity contribution in [3.8, 4) is 0 Å². The zero-order valence-corrected chi connectivity index (χ0v) is 18.5. The van der Waals surface area contributed by atoms with E-state index >= 15 is 0 Å². The van der Waals surface area contributed by atoms with E-state index in [1.807, 2.05) is 6.92 Å². The molecule has 7 heteroatoms. The lowest BCUT2D eigenvalue weighted by Gasteiger charge is -2.23. The van der Waals surface area contributed by atoms with Crippen molar-refractivity contribution in [1.82, 2.24) is 0 Å². The van der Waals surface area contributed by atoms with Crippen molar-refractivity contribution in [3.63, 3.8) is 0 Å². The molecule has 0 aromatic rings. The lowest BCUT2D eigenvalue weighted by atomic mass is 9.88. The van der Waals surface area contributed by atoms with E-state index in [1.165, 1.54) is 14.0 Å². The first-order valence-corrected chi connectivity index (χ1v) is 11.1. The molecule has 0 amide bonds. The molecule has 0 aromatic carbocycles. The Labute approximate surface area is 178 Å². The van der Waals surface area contributed by atoms with Gasteiger partial charge in [-0.05, 0) is 44.1 Å². The highest BCUT2D eigenvalue weighted by Gasteiger charge is 2.38. The number of rotatable bonds is 14. The van der Waals surface area contributed by atoms with Gasteiger partial charge < -0.3 is 9.47 Å². The molecule has 1 saturated carbocycles. The number of alkyl halides is 2. The minimum Gasteiger partial charge on any atom is -0.469 e. The van der Waals surface area contributed by atoms with Crippen LogP contribution in [0.25, 0.3) is 0 Å². The van der Waals surface area contributed by atoms with Crippen molar-refractivity contribution < 1.29 is 32.6 Å². The first-order chi connectivity index (χ1) is 14.2. The summed E-state index contributed by atoms with van der Waals surface area (Å²) in [4.78, 5) is 34.5. The molecule has 5 nitrogen and oxygen atoms in total. The highest BCUT2D eigenvalue weighted by atomic mass is 19.3. The summed E-state index contributed by atoms with van der Waals surface area (Å²) in [5.74, 6) is -5.08. The zero-order chi connectivity index (χ0) is 22.6. The molecule has 0 saturated heterocycles. The van der Waals surface area contributed by atoms with E-state index in [4.69, 9.17) is 4.74 Å². The predicted molar refractivity (Wildman–Crippen MR) is 110 cm³/mol. The molecule has 0 radical (unpaired) electrons. The lowest BCUT2D eigenvalue weighted by Crippen LogP contribution is -2.27. The van der Waals surface area contributed by atoms with Gasteiger partial charge in [0.25, 0.3) is 0 Å². The minimum absolute atomic E-state index is 0.0165. The SMILES string of the molecule is CCCCC(F)(F)C(=O)/C=C/[C@H]1CC[C@H](OC(C)=O)[C@@H]1CCCCCCC(=O)OC. The smallest absolute Gasteiger partial charge is 0.309 e. The molecule has 1 aliphatic carbocycles. The normalized spacial score (nSPS) is 21.7. The summed E-state index contributed by atoms with van der Waals surface area (Å²) in [5, 5.41) is 0. The number of methoxy groups -OCH3 is 1. The Balaban J connectivity index is 2.61. The van der Waals surface area contributed by atoms with Crippen molar-refractivity contribution in [2.75, 3.05) is 7.11 Å². The van der Waals surface area contributed by atoms with Gasteiger partial charge in [-0.15, -0.1) is 0 Å². The summed E-state index contributed by atoms with van der Waals surface area (Å²) >= 11 is 0. The largest absolute Gasteiger partial charge is 0.469 e. The molecule has 30 heavy (non-hydrogen) atoms. The van der Waals surface area contributed by atoms with Gasteiger partial charge in [0.1, 0.15) is 6.10 Å². The third kappa shape index (κ3) is 9.35. The third-order valence-corrected chi connectivity index (χ3v) is 5.72. The molecule has 0 aromatic heterocycles. The molecule has 1 rings (SSSR count). The van der Waals surface area contributed by atoms with Crippen LogP contribution in [0.4, 0.5) is 8.78 Å². The van der Waals surface area contributed by atoms with Crippen molar-refractivity contribution >= 4 is 17.7 Å². The van der Waals surface area contributed by atoms with Gasteiger partial charge in [0, 0.05) is 25.7 Å². The van der Waals surface area contributed by atoms with E-state index in [9.17, 15) is 23.2 Å². The second-order valence-electron chi connectivity index (χ2n) is 8.11. The quantitative estimate of drug-likeness (QED) is 0.209. The Morgan fingerprint density at radius 1 is 1.07 bits per heavy atom. The molecule has 0 bridgehead atoms. The number of unbranched alkanes of at least 4 members (excludes halogenated alkanes) is 4. The number of hydrogen-bond donors (Lipinski definition) is 0. The fraction of sp³-hybridized carbons (Fsp3) is 0.783. The maximum absolute atomic E-state index is 13.9. The molecule has 0 N–H and O–H groups in total. The monoisotopic (exact) mass is 430 g/mol. The van der Waals surface area contributed by atoms with Crippen LogP contribution in [0.5, 0.6) is 0 Å². The number of esters is 2. The van der Waals surface area contributed by atoms with Crippen LogP contribution in [0, 0.1) is 11.8 Å². The number of ether oxygens (including phenoxy) is 2. The molecule has 3 atom stereocenters. The number of ketones is 1. The number of allylic oxidation sites excluding steroid dienone is 2. The molecule has 1 aliphatic rings. The van der Waals surface area contributed by atoms with E-state index < -0.39 is 18.1 Å². The second kappa shape index (κ2) is 13.5. The number of carbonyl (C=O) groups excluding carboxylic acids is 3. The minimum atomic E-state index is -3.32.